The zero-order chi connectivity index (χ0) is 30.1. The molecule has 228 valence electrons. The largest absolute Gasteiger partial charge is 0.351 e. The molecule has 2 aliphatic rings. The van der Waals surface area contributed by atoms with Crippen LogP contribution >= 0.6 is 23.2 Å². The minimum absolute atomic E-state index is 0.00935. The molecule has 43 heavy (non-hydrogen) atoms. The number of aromatic nitrogens is 6. The highest BCUT2D eigenvalue weighted by atomic mass is 35.5. The number of hydrogen-bond donors (Lipinski definition) is 1. The van der Waals surface area contributed by atoms with Crippen LogP contribution in [0.4, 0.5) is 5.95 Å². The Kier molecular flexibility index (Phi) is 8.72. The minimum atomic E-state index is -3.62. The molecule has 4 aromatic rings. The molecule has 0 aliphatic carbocycles. The van der Waals surface area contributed by atoms with Crippen molar-refractivity contribution in [3.8, 4) is 16.9 Å². The number of rotatable bonds is 8. The van der Waals surface area contributed by atoms with E-state index in [4.69, 9.17) is 23.2 Å². The van der Waals surface area contributed by atoms with Gasteiger partial charge in [-0.1, -0.05) is 29.3 Å². The van der Waals surface area contributed by atoms with Gasteiger partial charge in [0.25, 0.3) is 10.0 Å². The maximum atomic E-state index is 12.9. The highest BCUT2D eigenvalue weighted by Crippen LogP contribution is 2.29. The van der Waals surface area contributed by atoms with Crippen molar-refractivity contribution in [1.82, 2.24) is 43.4 Å². The third-order valence-corrected chi connectivity index (χ3v) is 10.3. The van der Waals surface area contributed by atoms with Crippen molar-refractivity contribution < 1.29 is 8.42 Å². The Labute approximate surface area is 261 Å². The zero-order valence-corrected chi connectivity index (χ0v) is 26.4. The summed E-state index contributed by atoms with van der Waals surface area (Å²) in [7, 11) is 0.280. The summed E-state index contributed by atoms with van der Waals surface area (Å²) in [5.74, 6) is 0.421. The lowest BCUT2D eigenvalue weighted by molar-refractivity contribution is 0.148. The van der Waals surface area contributed by atoms with Crippen molar-refractivity contribution in [3.63, 3.8) is 0 Å². The van der Waals surface area contributed by atoms with E-state index in [9.17, 15) is 8.42 Å². The minimum Gasteiger partial charge on any atom is -0.351 e. The van der Waals surface area contributed by atoms with Gasteiger partial charge in [-0.05, 0) is 37.6 Å². The highest BCUT2D eigenvalue weighted by molar-refractivity contribution is 7.89. The van der Waals surface area contributed by atoms with E-state index in [1.165, 1.54) is 22.4 Å². The second-order valence-electron chi connectivity index (χ2n) is 11.1. The molecule has 2 fully saturated rings. The van der Waals surface area contributed by atoms with Gasteiger partial charge in [0.2, 0.25) is 5.95 Å². The number of sulfonamides is 1. The molecule has 6 rings (SSSR count). The molecule has 2 saturated heterocycles. The zero-order valence-electron chi connectivity index (χ0n) is 24.1. The molecule has 0 saturated carbocycles. The number of anilines is 1. The van der Waals surface area contributed by atoms with Crippen LogP contribution in [0.5, 0.6) is 0 Å². The maximum absolute atomic E-state index is 12.9. The van der Waals surface area contributed by atoms with Crippen LogP contribution in [0.2, 0.25) is 10.0 Å². The Morgan fingerprint density at radius 1 is 0.953 bits per heavy atom. The molecule has 1 N–H and O–H groups in total. The number of nitrogens with one attached hydrogen (secondary N) is 1. The van der Waals surface area contributed by atoms with E-state index < -0.39 is 10.0 Å². The van der Waals surface area contributed by atoms with Gasteiger partial charge in [0.05, 0.1) is 40.1 Å². The highest BCUT2D eigenvalue weighted by Gasteiger charge is 2.31. The maximum Gasteiger partial charge on any atom is 0.262 e. The molecule has 0 radical (unpaired) electrons. The number of hydrogen-bond acceptors (Lipinski definition) is 9. The monoisotopic (exact) mass is 644 g/mol. The van der Waals surface area contributed by atoms with Crippen LogP contribution in [-0.2, 0) is 23.6 Å². The van der Waals surface area contributed by atoms with Crippen LogP contribution in [0, 0.1) is 0 Å². The van der Waals surface area contributed by atoms with Gasteiger partial charge in [0.15, 0.2) is 5.03 Å². The first kappa shape index (κ1) is 30.0. The lowest BCUT2D eigenvalue weighted by Gasteiger charge is -2.32. The average Bonchev–Trinajstić information content (AvgIpc) is 3.66. The van der Waals surface area contributed by atoms with Gasteiger partial charge < -0.3 is 14.8 Å². The molecule has 0 spiro atoms. The number of imidazole rings is 1. The van der Waals surface area contributed by atoms with Crippen molar-refractivity contribution in [2.75, 3.05) is 51.6 Å². The topological polar surface area (TPSA) is 117 Å². The van der Waals surface area contributed by atoms with Gasteiger partial charge in [-0.2, -0.15) is 9.40 Å². The van der Waals surface area contributed by atoms with Crippen molar-refractivity contribution in [3.05, 3.63) is 64.9 Å². The van der Waals surface area contributed by atoms with Crippen molar-refractivity contribution in [2.24, 2.45) is 7.05 Å². The summed E-state index contributed by atoms with van der Waals surface area (Å²) in [5.41, 5.74) is 3.21. The third kappa shape index (κ3) is 6.71. The molecule has 1 aromatic carbocycles. The van der Waals surface area contributed by atoms with Gasteiger partial charge >= 0.3 is 0 Å². The number of piperazine rings is 1. The lowest BCUT2D eigenvalue weighted by atomic mass is 10.1. The Morgan fingerprint density at radius 3 is 2.42 bits per heavy atom. The summed E-state index contributed by atoms with van der Waals surface area (Å²) in [6.07, 6.45) is 9.33. The third-order valence-electron chi connectivity index (χ3n) is 7.93. The summed E-state index contributed by atoms with van der Waals surface area (Å²) >= 11 is 13.2. The molecule has 5 heterocycles. The first-order chi connectivity index (χ1) is 20.7. The van der Waals surface area contributed by atoms with Gasteiger partial charge in [0, 0.05) is 76.9 Å². The molecule has 0 unspecified atom stereocenters. The standard InChI is InChI=1S/C28H34Cl2N10O2S/c1-36-9-11-38(12-10-36)16-20-3-4-25(23(29)13-20)40-17-21(14-33-40)27-24(30)15-31-28(35-27)34-22-5-7-39(8-6-22)43(41,42)26-18-37(2)19-32-26/h3-4,13-15,17-19,22H,5-12,16H2,1-2H3,(H,31,34,35). The van der Waals surface area contributed by atoms with Crippen LogP contribution in [0.1, 0.15) is 18.4 Å². The normalized spacial score (nSPS) is 17.9. The molecule has 15 heteroatoms. The number of nitrogens with zero attached hydrogens (tertiary/aromatic N) is 9. The van der Waals surface area contributed by atoms with E-state index in [1.807, 2.05) is 18.3 Å². The summed E-state index contributed by atoms with van der Waals surface area (Å²) < 4.78 is 30.6. The van der Waals surface area contributed by atoms with Crippen LogP contribution in [-0.4, -0.2) is 104 Å². The second-order valence-corrected chi connectivity index (χ2v) is 13.8. The predicted octanol–water partition coefficient (Wildman–Crippen LogP) is 3.38. The molecule has 12 nitrogen and oxygen atoms in total. The van der Waals surface area contributed by atoms with E-state index >= 15 is 0 Å². The average molecular weight is 646 g/mol. The van der Waals surface area contributed by atoms with Crippen molar-refractivity contribution in [1.29, 1.82) is 0 Å². The first-order valence-corrected chi connectivity index (χ1v) is 16.4. The Bertz CT molecular complexity index is 1690. The Hall–Kier alpha value is -3.07. The molecule has 0 amide bonds. The van der Waals surface area contributed by atoms with E-state index in [2.05, 4.69) is 48.3 Å². The fourth-order valence-corrected chi connectivity index (χ4v) is 7.32. The van der Waals surface area contributed by atoms with E-state index in [0.29, 0.717) is 47.6 Å². The number of piperidine rings is 1. The van der Waals surface area contributed by atoms with Gasteiger partial charge in [0.1, 0.15) is 0 Å². The number of benzene rings is 1. The van der Waals surface area contributed by atoms with E-state index in [1.54, 1.807) is 28.7 Å². The smallest absolute Gasteiger partial charge is 0.262 e. The Morgan fingerprint density at radius 2 is 1.72 bits per heavy atom. The molecular formula is C28H34Cl2N10O2S. The summed E-state index contributed by atoms with van der Waals surface area (Å²) in [5, 5.41) is 8.96. The van der Waals surface area contributed by atoms with Crippen LogP contribution < -0.4 is 5.32 Å². The SMILES string of the molecule is CN1CCN(Cc2ccc(-n3cc(-c4nc(NC5CCN(S(=O)(=O)c6cn(C)cn6)CC5)ncc4Cl)cn3)c(Cl)c2)CC1. The van der Waals surface area contributed by atoms with E-state index in [-0.39, 0.29) is 11.1 Å². The second kappa shape index (κ2) is 12.5. The number of likely N-dealkylation sites (N-methyl/N-ethyl adjacent to an activating group) is 1. The number of aryl methyl sites for hydroxylation is 1. The molecule has 2 aliphatic heterocycles. The predicted molar refractivity (Wildman–Crippen MR) is 166 cm³/mol. The summed E-state index contributed by atoms with van der Waals surface area (Å²) in [6.45, 7) is 5.84. The molecule has 0 bridgehead atoms. The fraction of sp³-hybridized carbons (Fsp3) is 0.429. The van der Waals surface area contributed by atoms with Gasteiger partial charge in [-0.15, -0.1) is 0 Å². The summed E-state index contributed by atoms with van der Waals surface area (Å²) in [4.78, 5) is 17.8. The summed E-state index contributed by atoms with van der Waals surface area (Å²) in [6, 6.07) is 6.09. The van der Waals surface area contributed by atoms with Gasteiger partial charge in [-0.3, -0.25) is 4.90 Å². The quantitative estimate of drug-likeness (QED) is 0.308. The van der Waals surface area contributed by atoms with Crippen LogP contribution in [0.15, 0.2) is 54.3 Å². The van der Waals surface area contributed by atoms with Crippen LogP contribution in [0.3, 0.4) is 0 Å². The van der Waals surface area contributed by atoms with Crippen molar-refractivity contribution in [2.45, 2.75) is 30.5 Å². The number of halogens is 2. The Balaban J connectivity index is 1.10. The fourth-order valence-electron chi connectivity index (χ4n) is 5.39. The lowest BCUT2D eigenvalue weighted by Crippen LogP contribution is -2.43. The molecular weight excluding hydrogens is 611 g/mol. The molecule has 0 atom stereocenters. The molecule has 3 aromatic heterocycles. The van der Waals surface area contributed by atoms with E-state index in [0.717, 1.165) is 44.0 Å². The first-order valence-electron chi connectivity index (χ1n) is 14.2. The van der Waals surface area contributed by atoms with Crippen LogP contribution in [0.25, 0.3) is 16.9 Å². The van der Waals surface area contributed by atoms with Crippen molar-refractivity contribution >= 4 is 39.2 Å². The van der Waals surface area contributed by atoms with Gasteiger partial charge in [-0.25, -0.2) is 28.1 Å².